The Labute approximate surface area is 150 Å². The van der Waals surface area contributed by atoms with E-state index in [-0.39, 0.29) is 23.4 Å². The Bertz CT molecular complexity index is 580. The quantitative estimate of drug-likeness (QED) is 0.853. The molecule has 1 aromatic carbocycles. The van der Waals surface area contributed by atoms with Gasteiger partial charge in [0.15, 0.2) is 0 Å². The fourth-order valence-electron chi connectivity index (χ4n) is 2.99. The number of carbonyl (C=O) groups is 2. The summed E-state index contributed by atoms with van der Waals surface area (Å²) in [5.74, 6) is -0.00510. The van der Waals surface area contributed by atoms with E-state index in [1.807, 2.05) is 56.1 Å². The van der Waals surface area contributed by atoms with Crippen molar-refractivity contribution in [2.75, 3.05) is 26.7 Å². The Morgan fingerprint density at radius 3 is 2.40 bits per heavy atom. The van der Waals surface area contributed by atoms with Gasteiger partial charge >= 0.3 is 6.03 Å². The van der Waals surface area contributed by atoms with Crippen molar-refractivity contribution in [1.29, 1.82) is 0 Å². The van der Waals surface area contributed by atoms with Crippen LogP contribution in [0, 0.1) is 5.92 Å². The van der Waals surface area contributed by atoms with Crippen LogP contribution in [0.5, 0.6) is 0 Å². The smallest absolute Gasteiger partial charge is 0.320 e. The molecule has 0 saturated carbocycles. The number of carbonyl (C=O) groups excluding carboxylic acids is 2. The predicted octanol–water partition coefficient (Wildman–Crippen LogP) is 1.80. The van der Waals surface area contributed by atoms with Gasteiger partial charge in [0.1, 0.15) is 0 Å². The van der Waals surface area contributed by atoms with Crippen LogP contribution in [-0.4, -0.2) is 54.0 Å². The van der Waals surface area contributed by atoms with Crippen molar-refractivity contribution < 1.29 is 9.59 Å². The molecule has 3 N–H and O–H groups in total. The van der Waals surface area contributed by atoms with E-state index in [4.69, 9.17) is 5.73 Å². The summed E-state index contributed by atoms with van der Waals surface area (Å²) >= 11 is 0. The SMILES string of the molecule is CN(Cc1ccccc1)C(=O)N1CCC(C(=O)NC(C)(C)CN)CC1. The van der Waals surface area contributed by atoms with Crippen LogP contribution in [0.25, 0.3) is 0 Å². The van der Waals surface area contributed by atoms with Gasteiger partial charge in [-0.15, -0.1) is 0 Å². The molecule has 1 aliphatic rings. The molecule has 1 fully saturated rings. The van der Waals surface area contributed by atoms with Crippen LogP contribution < -0.4 is 11.1 Å². The van der Waals surface area contributed by atoms with E-state index < -0.39 is 0 Å². The van der Waals surface area contributed by atoms with Crippen molar-refractivity contribution >= 4 is 11.9 Å². The average molecular weight is 346 g/mol. The highest BCUT2D eigenvalue weighted by Gasteiger charge is 2.30. The fourth-order valence-corrected chi connectivity index (χ4v) is 2.99. The van der Waals surface area contributed by atoms with Gasteiger partial charge in [-0.3, -0.25) is 4.79 Å². The Hall–Kier alpha value is -2.08. The van der Waals surface area contributed by atoms with Crippen LogP contribution in [0.4, 0.5) is 4.79 Å². The number of hydrogen-bond donors (Lipinski definition) is 2. The summed E-state index contributed by atoms with van der Waals surface area (Å²) in [6.45, 7) is 6.05. The molecular weight excluding hydrogens is 316 g/mol. The lowest BCUT2D eigenvalue weighted by molar-refractivity contribution is -0.127. The molecule has 1 aromatic rings. The molecule has 6 nitrogen and oxygen atoms in total. The summed E-state index contributed by atoms with van der Waals surface area (Å²) in [5, 5.41) is 3.00. The van der Waals surface area contributed by atoms with E-state index in [1.54, 1.807) is 4.90 Å². The number of rotatable bonds is 5. The minimum absolute atomic E-state index is 0.0185. The van der Waals surface area contributed by atoms with E-state index in [0.29, 0.717) is 39.0 Å². The van der Waals surface area contributed by atoms with Gasteiger partial charge in [0.2, 0.25) is 5.91 Å². The first-order valence-corrected chi connectivity index (χ1v) is 8.88. The number of piperidine rings is 1. The third-order valence-electron chi connectivity index (χ3n) is 4.70. The number of amides is 3. The maximum absolute atomic E-state index is 12.6. The molecule has 0 aromatic heterocycles. The lowest BCUT2D eigenvalue weighted by Gasteiger charge is -2.35. The lowest BCUT2D eigenvalue weighted by Crippen LogP contribution is -2.53. The minimum Gasteiger partial charge on any atom is -0.350 e. The van der Waals surface area contributed by atoms with Gasteiger partial charge in [-0.1, -0.05) is 30.3 Å². The van der Waals surface area contributed by atoms with Gasteiger partial charge < -0.3 is 20.9 Å². The van der Waals surface area contributed by atoms with E-state index in [9.17, 15) is 9.59 Å². The van der Waals surface area contributed by atoms with Crippen molar-refractivity contribution in [2.24, 2.45) is 11.7 Å². The lowest BCUT2D eigenvalue weighted by atomic mass is 9.94. The highest BCUT2D eigenvalue weighted by atomic mass is 16.2. The zero-order valence-electron chi connectivity index (χ0n) is 15.5. The maximum Gasteiger partial charge on any atom is 0.320 e. The first-order valence-electron chi connectivity index (χ1n) is 8.88. The van der Waals surface area contributed by atoms with Gasteiger partial charge in [0, 0.05) is 44.7 Å². The van der Waals surface area contributed by atoms with E-state index >= 15 is 0 Å². The molecule has 0 unspecified atom stereocenters. The summed E-state index contributed by atoms with van der Waals surface area (Å²) < 4.78 is 0. The second kappa shape index (κ2) is 8.34. The molecule has 0 atom stereocenters. The van der Waals surface area contributed by atoms with Gasteiger partial charge in [0.25, 0.3) is 0 Å². The summed E-state index contributed by atoms with van der Waals surface area (Å²) in [6, 6.07) is 9.96. The zero-order valence-corrected chi connectivity index (χ0v) is 15.5. The molecule has 0 spiro atoms. The second-order valence-electron chi connectivity index (χ2n) is 7.46. The molecular formula is C19H30N4O2. The van der Waals surface area contributed by atoms with Gasteiger partial charge in [-0.05, 0) is 32.3 Å². The highest BCUT2D eigenvalue weighted by Crippen LogP contribution is 2.20. The summed E-state index contributed by atoms with van der Waals surface area (Å²) in [4.78, 5) is 28.5. The molecule has 138 valence electrons. The molecule has 1 aliphatic heterocycles. The molecule has 0 bridgehead atoms. The molecule has 1 saturated heterocycles. The van der Waals surface area contributed by atoms with Gasteiger partial charge in [0.05, 0.1) is 0 Å². The number of nitrogens with zero attached hydrogens (tertiary/aromatic N) is 2. The monoisotopic (exact) mass is 346 g/mol. The van der Waals surface area contributed by atoms with E-state index in [1.165, 1.54) is 0 Å². The van der Waals surface area contributed by atoms with E-state index in [0.717, 1.165) is 5.56 Å². The maximum atomic E-state index is 12.6. The Balaban J connectivity index is 1.82. The van der Waals surface area contributed by atoms with Crippen molar-refractivity contribution in [3.8, 4) is 0 Å². The third-order valence-corrected chi connectivity index (χ3v) is 4.70. The van der Waals surface area contributed by atoms with Crippen molar-refractivity contribution in [2.45, 2.75) is 38.8 Å². The molecule has 0 aliphatic carbocycles. The predicted molar refractivity (Wildman–Crippen MR) is 98.9 cm³/mol. The average Bonchev–Trinajstić information content (AvgIpc) is 2.61. The molecule has 2 rings (SSSR count). The molecule has 25 heavy (non-hydrogen) atoms. The van der Waals surface area contributed by atoms with Crippen molar-refractivity contribution in [3.63, 3.8) is 0 Å². The van der Waals surface area contributed by atoms with Crippen LogP contribution in [0.2, 0.25) is 0 Å². The fraction of sp³-hybridized carbons (Fsp3) is 0.579. The first kappa shape index (κ1) is 19.2. The number of hydrogen-bond acceptors (Lipinski definition) is 3. The van der Waals surface area contributed by atoms with Crippen LogP contribution >= 0.6 is 0 Å². The largest absolute Gasteiger partial charge is 0.350 e. The van der Waals surface area contributed by atoms with Crippen molar-refractivity contribution in [3.05, 3.63) is 35.9 Å². The topological polar surface area (TPSA) is 78.7 Å². The minimum atomic E-state index is -0.389. The Kier molecular flexibility index (Phi) is 6.42. The van der Waals surface area contributed by atoms with Crippen LogP contribution in [-0.2, 0) is 11.3 Å². The van der Waals surface area contributed by atoms with Gasteiger partial charge in [-0.2, -0.15) is 0 Å². The highest BCUT2D eigenvalue weighted by molar-refractivity contribution is 5.80. The number of nitrogens with two attached hydrogens (primary N) is 1. The number of nitrogens with one attached hydrogen (secondary N) is 1. The second-order valence-corrected chi connectivity index (χ2v) is 7.46. The normalized spacial score (nSPS) is 15.8. The van der Waals surface area contributed by atoms with Crippen LogP contribution in [0.3, 0.4) is 0 Å². The van der Waals surface area contributed by atoms with Gasteiger partial charge in [-0.25, -0.2) is 4.79 Å². The molecule has 6 heteroatoms. The summed E-state index contributed by atoms with van der Waals surface area (Å²) in [6.07, 6.45) is 1.38. The summed E-state index contributed by atoms with van der Waals surface area (Å²) in [7, 11) is 1.82. The standard InChI is InChI=1S/C19H30N4O2/c1-19(2,14-20)21-17(24)16-9-11-23(12-10-16)18(25)22(3)13-15-7-5-4-6-8-15/h4-8,16H,9-14,20H2,1-3H3,(H,21,24). The third kappa shape index (κ3) is 5.46. The number of likely N-dealkylation sites (tertiary alicyclic amines) is 1. The number of urea groups is 1. The van der Waals surface area contributed by atoms with Crippen LogP contribution in [0.1, 0.15) is 32.3 Å². The Morgan fingerprint density at radius 2 is 1.84 bits per heavy atom. The molecule has 3 amide bonds. The van der Waals surface area contributed by atoms with Crippen LogP contribution in [0.15, 0.2) is 30.3 Å². The Morgan fingerprint density at radius 1 is 1.24 bits per heavy atom. The first-order chi connectivity index (χ1) is 11.8. The number of benzene rings is 1. The van der Waals surface area contributed by atoms with Crippen molar-refractivity contribution in [1.82, 2.24) is 15.1 Å². The zero-order chi connectivity index (χ0) is 18.4. The summed E-state index contributed by atoms with van der Waals surface area (Å²) in [5.41, 5.74) is 6.39. The molecule has 0 radical (unpaired) electrons. The van der Waals surface area contributed by atoms with E-state index in [2.05, 4.69) is 5.32 Å². The molecule has 1 heterocycles.